The fourth-order valence-corrected chi connectivity index (χ4v) is 3.29. The number of pyridine rings is 1. The number of nitrogens with zero attached hydrogens (tertiary/aromatic N) is 2. The van der Waals surface area contributed by atoms with Crippen molar-refractivity contribution in [2.45, 2.75) is 45.8 Å². The molecule has 1 unspecified atom stereocenters. The van der Waals surface area contributed by atoms with Gasteiger partial charge in [-0.3, -0.25) is 0 Å². The van der Waals surface area contributed by atoms with Crippen LogP contribution in [0, 0.1) is 6.92 Å². The van der Waals surface area contributed by atoms with Crippen molar-refractivity contribution in [3.05, 3.63) is 53.9 Å². The number of carboxylic acid groups (broad SMARTS) is 1. The van der Waals surface area contributed by atoms with Gasteiger partial charge < -0.3 is 24.3 Å². The van der Waals surface area contributed by atoms with Gasteiger partial charge in [-0.05, 0) is 51.5 Å². The highest BCUT2D eigenvalue weighted by atomic mass is 16.6. The summed E-state index contributed by atoms with van der Waals surface area (Å²) in [6.07, 6.45) is 1.07. The Morgan fingerprint density at radius 2 is 1.97 bits per heavy atom. The van der Waals surface area contributed by atoms with E-state index in [0.29, 0.717) is 17.1 Å². The zero-order valence-electron chi connectivity index (χ0n) is 18.3. The Bertz CT molecular complexity index is 1110. The summed E-state index contributed by atoms with van der Waals surface area (Å²) in [6.45, 7) is 7.10. The van der Waals surface area contributed by atoms with E-state index in [1.807, 2.05) is 53.9 Å². The lowest BCUT2D eigenvalue weighted by Crippen LogP contribution is -2.44. The fraction of sp³-hybridized carbons (Fsp3) is 0.348. The summed E-state index contributed by atoms with van der Waals surface area (Å²) in [5.41, 5.74) is 3.01. The van der Waals surface area contributed by atoms with Gasteiger partial charge in [-0.15, -0.1) is 0 Å². The maximum Gasteiger partial charge on any atom is 0.408 e. The van der Waals surface area contributed by atoms with Crippen LogP contribution in [0.15, 0.2) is 42.6 Å². The number of amides is 1. The standard InChI is InChI=1S/C23H27N3O5/c1-14-8-7-11-26-18(13-17(21(27)28)24-22(29)31-23(2,3)4)19(25-20(14)26)15-9-6-10-16(12-15)30-5/h6-12,17H,13H2,1-5H3,(H,24,29)(H,27,28). The molecular weight excluding hydrogens is 398 g/mol. The molecule has 0 saturated heterocycles. The van der Waals surface area contributed by atoms with Gasteiger partial charge in [0.15, 0.2) is 0 Å². The number of fused-ring (bicyclic) bond motifs is 1. The highest BCUT2D eigenvalue weighted by Gasteiger charge is 2.27. The third kappa shape index (κ3) is 5.14. The first-order chi connectivity index (χ1) is 14.6. The van der Waals surface area contributed by atoms with Crippen molar-refractivity contribution in [1.29, 1.82) is 0 Å². The lowest BCUT2D eigenvalue weighted by molar-refractivity contribution is -0.139. The topological polar surface area (TPSA) is 102 Å². The van der Waals surface area contributed by atoms with E-state index in [-0.39, 0.29) is 6.42 Å². The summed E-state index contributed by atoms with van der Waals surface area (Å²) < 4.78 is 12.4. The van der Waals surface area contributed by atoms with Gasteiger partial charge >= 0.3 is 12.1 Å². The number of aliphatic carboxylic acids is 1. The number of alkyl carbamates (subject to hydrolysis) is 1. The normalized spacial score (nSPS) is 12.4. The minimum Gasteiger partial charge on any atom is -0.497 e. The molecule has 0 radical (unpaired) electrons. The predicted molar refractivity (Wildman–Crippen MR) is 116 cm³/mol. The number of carbonyl (C=O) groups excluding carboxylic acids is 1. The molecule has 0 aliphatic heterocycles. The van der Waals surface area contributed by atoms with Gasteiger partial charge in [0.05, 0.1) is 18.5 Å². The van der Waals surface area contributed by atoms with Crippen LogP contribution in [0.4, 0.5) is 4.79 Å². The van der Waals surface area contributed by atoms with Crippen LogP contribution in [0.25, 0.3) is 16.9 Å². The van der Waals surface area contributed by atoms with Gasteiger partial charge in [-0.2, -0.15) is 0 Å². The Hall–Kier alpha value is -3.55. The third-order valence-corrected chi connectivity index (χ3v) is 4.67. The van der Waals surface area contributed by atoms with Gasteiger partial charge in [0, 0.05) is 18.2 Å². The Morgan fingerprint density at radius 1 is 1.23 bits per heavy atom. The van der Waals surface area contributed by atoms with Crippen molar-refractivity contribution in [3.63, 3.8) is 0 Å². The van der Waals surface area contributed by atoms with Gasteiger partial charge in [0.25, 0.3) is 0 Å². The number of carboxylic acids is 1. The maximum absolute atomic E-state index is 12.2. The van der Waals surface area contributed by atoms with E-state index < -0.39 is 23.7 Å². The maximum atomic E-state index is 12.2. The number of rotatable bonds is 6. The van der Waals surface area contributed by atoms with Gasteiger partial charge in [-0.1, -0.05) is 18.2 Å². The first-order valence-corrected chi connectivity index (χ1v) is 9.92. The Morgan fingerprint density at radius 3 is 2.61 bits per heavy atom. The minimum absolute atomic E-state index is 0.0196. The number of aromatic nitrogens is 2. The predicted octanol–water partition coefficient (Wildman–Crippen LogP) is 3.84. The summed E-state index contributed by atoms with van der Waals surface area (Å²) in [6, 6.07) is 10.0. The molecule has 1 amide bonds. The Labute approximate surface area is 180 Å². The number of ether oxygens (including phenoxy) is 2. The molecule has 0 fully saturated rings. The molecule has 3 rings (SSSR count). The van der Waals surface area contributed by atoms with Gasteiger partial charge in [0.1, 0.15) is 23.0 Å². The van der Waals surface area contributed by atoms with Crippen LogP contribution in [0.5, 0.6) is 5.75 Å². The number of methoxy groups -OCH3 is 1. The van der Waals surface area contributed by atoms with E-state index in [2.05, 4.69) is 5.32 Å². The smallest absolute Gasteiger partial charge is 0.408 e. The molecular formula is C23H27N3O5. The lowest BCUT2D eigenvalue weighted by atomic mass is 10.0. The molecule has 0 aliphatic carbocycles. The molecule has 2 heterocycles. The highest BCUT2D eigenvalue weighted by Crippen LogP contribution is 2.29. The summed E-state index contributed by atoms with van der Waals surface area (Å²) in [5.74, 6) is -0.496. The van der Waals surface area contributed by atoms with E-state index in [1.54, 1.807) is 27.9 Å². The fourth-order valence-electron chi connectivity index (χ4n) is 3.29. The van der Waals surface area contributed by atoms with Crippen molar-refractivity contribution >= 4 is 17.7 Å². The van der Waals surface area contributed by atoms with E-state index in [4.69, 9.17) is 14.5 Å². The van der Waals surface area contributed by atoms with Crippen molar-refractivity contribution in [1.82, 2.24) is 14.7 Å². The zero-order valence-corrected chi connectivity index (χ0v) is 18.3. The van der Waals surface area contributed by atoms with Crippen LogP contribution in [0.1, 0.15) is 32.0 Å². The van der Waals surface area contributed by atoms with E-state index in [1.165, 1.54) is 0 Å². The van der Waals surface area contributed by atoms with E-state index >= 15 is 0 Å². The summed E-state index contributed by atoms with van der Waals surface area (Å²) >= 11 is 0. The number of aryl methyl sites for hydroxylation is 1. The molecule has 0 saturated carbocycles. The zero-order chi connectivity index (χ0) is 22.8. The Kier molecular flexibility index (Phi) is 6.19. The van der Waals surface area contributed by atoms with Crippen molar-refractivity contribution in [3.8, 4) is 17.0 Å². The van der Waals surface area contributed by atoms with E-state index in [9.17, 15) is 14.7 Å². The van der Waals surface area contributed by atoms with Crippen molar-refractivity contribution < 1.29 is 24.2 Å². The number of hydrogen-bond donors (Lipinski definition) is 2. The molecule has 8 nitrogen and oxygen atoms in total. The molecule has 1 aromatic carbocycles. The molecule has 2 N–H and O–H groups in total. The number of imidazole rings is 1. The van der Waals surface area contributed by atoms with Crippen LogP contribution in [-0.2, 0) is 16.0 Å². The van der Waals surface area contributed by atoms with Crippen LogP contribution in [-0.4, -0.2) is 45.3 Å². The molecule has 8 heteroatoms. The highest BCUT2D eigenvalue weighted by molar-refractivity contribution is 5.81. The quantitative estimate of drug-likeness (QED) is 0.622. The molecule has 0 bridgehead atoms. The average molecular weight is 425 g/mol. The van der Waals surface area contributed by atoms with Crippen molar-refractivity contribution in [2.24, 2.45) is 0 Å². The number of carbonyl (C=O) groups is 2. The molecule has 0 aliphatic rings. The molecule has 0 spiro atoms. The second-order valence-electron chi connectivity index (χ2n) is 8.27. The Balaban J connectivity index is 2.05. The second-order valence-corrected chi connectivity index (χ2v) is 8.27. The summed E-state index contributed by atoms with van der Waals surface area (Å²) in [4.78, 5) is 29.0. The summed E-state index contributed by atoms with van der Waals surface area (Å²) in [5, 5.41) is 12.2. The molecule has 164 valence electrons. The molecule has 2 aromatic heterocycles. The largest absolute Gasteiger partial charge is 0.497 e. The summed E-state index contributed by atoms with van der Waals surface area (Å²) in [7, 11) is 1.58. The molecule has 3 aromatic rings. The average Bonchev–Trinajstić information content (AvgIpc) is 3.06. The second kappa shape index (κ2) is 8.67. The minimum atomic E-state index is -1.19. The molecule has 31 heavy (non-hydrogen) atoms. The lowest BCUT2D eigenvalue weighted by Gasteiger charge is -2.22. The SMILES string of the molecule is COc1cccc(-c2nc3c(C)cccn3c2CC(NC(=O)OC(C)(C)C)C(=O)O)c1. The number of hydrogen-bond acceptors (Lipinski definition) is 5. The van der Waals surface area contributed by atoms with Crippen LogP contribution < -0.4 is 10.1 Å². The van der Waals surface area contributed by atoms with E-state index in [0.717, 1.165) is 16.8 Å². The van der Waals surface area contributed by atoms with Crippen molar-refractivity contribution in [2.75, 3.05) is 7.11 Å². The monoisotopic (exact) mass is 425 g/mol. The molecule has 1 atom stereocenters. The number of benzene rings is 1. The first kappa shape index (κ1) is 22.1. The van der Waals surface area contributed by atoms with Gasteiger partial charge in [0.2, 0.25) is 0 Å². The third-order valence-electron chi connectivity index (χ3n) is 4.67. The van der Waals surface area contributed by atoms with Crippen LogP contribution in [0.2, 0.25) is 0 Å². The first-order valence-electron chi connectivity index (χ1n) is 9.92. The van der Waals surface area contributed by atoms with Gasteiger partial charge in [-0.25, -0.2) is 14.6 Å². The van der Waals surface area contributed by atoms with Crippen LogP contribution >= 0.6 is 0 Å². The number of nitrogens with one attached hydrogen (secondary N) is 1. The van der Waals surface area contributed by atoms with Crippen LogP contribution in [0.3, 0.4) is 0 Å².